The Morgan fingerprint density at radius 3 is 1.43 bits per heavy atom. The number of methoxy groups -OCH3 is 1. The molecule has 0 unspecified atom stereocenters. The topological polar surface area (TPSA) is 153 Å². The van der Waals surface area contributed by atoms with Crippen LogP contribution < -0.4 is 0 Å². The number of benzene rings is 4. The van der Waals surface area contributed by atoms with Crippen LogP contribution in [0.3, 0.4) is 0 Å². The number of phenolic OH excluding ortho intramolecular Hbond substituents is 2. The van der Waals surface area contributed by atoms with Gasteiger partial charge in [-0.15, -0.1) is 0 Å². The highest BCUT2D eigenvalue weighted by Crippen LogP contribution is 2.33. The molecule has 9 nitrogen and oxygen atoms in total. The van der Waals surface area contributed by atoms with Crippen LogP contribution in [0.1, 0.15) is 59.5 Å². The zero-order valence-corrected chi connectivity index (χ0v) is 28.3. The maximum absolute atomic E-state index is 13.0. The van der Waals surface area contributed by atoms with Gasteiger partial charge in [-0.2, -0.15) is 0 Å². The molecule has 0 radical (unpaired) electrons. The summed E-state index contributed by atoms with van der Waals surface area (Å²) in [5, 5.41) is 28.3. The fourth-order valence-corrected chi connectivity index (χ4v) is 5.72. The lowest BCUT2D eigenvalue weighted by molar-refractivity contribution is -0.140. The van der Waals surface area contributed by atoms with Crippen LogP contribution in [0.15, 0.2) is 121 Å². The minimum atomic E-state index is -1.01. The third-order valence-corrected chi connectivity index (χ3v) is 8.42. The number of aromatic nitrogens is 2. The first-order valence-electron chi connectivity index (χ1n) is 16.7. The number of carboxylic acid groups (broad SMARTS) is 1. The van der Waals surface area contributed by atoms with Gasteiger partial charge in [0.25, 0.3) is 0 Å². The lowest BCUT2D eigenvalue weighted by Crippen LogP contribution is -2.02. The summed E-state index contributed by atoms with van der Waals surface area (Å²) in [6.07, 6.45) is 4.20. The Balaban J connectivity index is 0.000000210. The van der Waals surface area contributed by atoms with Crippen LogP contribution >= 0.6 is 0 Å². The maximum Gasteiger partial charge on any atom is 0.352 e. The summed E-state index contributed by atoms with van der Waals surface area (Å²) in [5.41, 5.74) is 7.36. The molecule has 0 bridgehead atoms. The number of hydrogen-bond acceptors (Lipinski definition) is 6. The van der Waals surface area contributed by atoms with E-state index in [1.54, 1.807) is 24.3 Å². The number of aromatic carboxylic acids is 1. The molecule has 6 rings (SSSR count). The van der Waals surface area contributed by atoms with Crippen LogP contribution in [-0.2, 0) is 9.53 Å². The van der Waals surface area contributed by atoms with Gasteiger partial charge in [0.1, 0.15) is 17.2 Å². The number of ketones is 1. The number of phenols is 2. The number of ether oxygens (including phenoxy) is 1. The van der Waals surface area contributed by atoms with Crippen molar-refractivity contribution >= 4 is 17.7 Å². The quantitative estimate of drug-likeness (QED) is 0.0461. The molecule has 0 aliphatic carbocycles. The lowest BCUT2D eigenvalue weighted by Gasteiger charge is -2.05. The SMILES string of the molecule is COC(=O)CCCCCCC(=O)c1[nH]c(-c2ccccc2)cc1-c1ccc(O)cc1.O=C(O)c1[nH]c(-c2ccccc2)cc1-c1ccc(O)cc1. The van der Waals surface area contributed by atoms with Gasteiger partial charge in [-0.25, -0.2) is 4.79 Å². The standard InChI is InChI=1S/C25H27NO4.C17H13NO3/c1-30-24(29)12-8-3-2-7-11-23(28)25-21(18-13-15-20(27)16-14-18)17-22(26-25)19-9-5-4-6-10-19;19-13-8-6-11(7-9-13)14-10-15(18-16(14)17(20)21)12-4-2-1-3-5-12/h4-6,9-10,13-17,26-27H,2-3,7-8,11-12H2,1H3;1-10,18-19H,(H,20,21). The Morgan fingerprint density at radius 2 is 0.980 bits per heavy atom. The van der Waals surface area contributed by atoms with Crippen LogP contribution in [0.5, 0.6) is 11.5 Å². The fraction of sp³-hybridized carbons (Fsp3) is 0.167. The number of carboxylic acids is 1. The van der Waals surface area contributed by atoms with Crippen LogP contribution in [0.25, 0.3) is 44.8 Å². The number of rotatable bonds is 13. The second-order valence-corrected chi connectivity index (χ2v) is 12.0. The molecule has 4 aromatic carbocycles. The molecule has 9 heteroatoms. The highest BCUT2D eigenvalue weighted by Gasteiger charge is 2.18. The Morgan fingerprint density at radius 1 is 0.549 bits per heavy atom. The van der Waals surface area contributed by atoms with E-state index in [9.17, 15) is 29.7 Å². The van der Waals surface area contributed by atoms with Crippen molar-refractivity contribution in [2.75, 3.05) is 7.11 Å². The van der Waals surface area contributed by atoms with Crippen LogP contribution in [0.4, 0.5) is 0 Å². The number of Topliss-reactive ketones (excluding diaryl/α,β-unsaturated/α-hetero) is 1. The molecule has 0 atom stereocenters. The number of unbranched alkanes of at least 4 members (excludes halogenated alkanes) is 3. The molecular formula is C42H40N2O7. The normalized spacial score (nSPS) is 10.6. The van der Waals surface area contributed by atoms with Crippen molar-refractivity contribution in [3.63, 3.8) is 0 Å². The van der Waals surface area contributed by atoms with Gasteiger partial charge in [-0.1, -0.05) is 97.8 Å². The molecular weight excluding hydrogens is 644 g/mol. The number of esters is 1. The summed E-state index contributed by atoms with van der Waals surface area (Å²) in [6, 6.07) is 36.6. The van der Waals surface area contributed by atoms with Gasteiger partial charge in [0.05, 0.1) is 12.8 Å². The Hall–Kier alpha value is -6.35. The Bertz CT molecular complexity index is 2050. The van der Waals surface area contributed by atoms with Crippen molar-refractivity contribution in [2.24, 2.45) is 0 Å². The van der Waals surface area contributed by atoms with E-state index in [2.05, 4.69) is 14.7 Å². The summed E-state index contributed by atoms with van der Waals surface area (Å²) < 4.78 is 4.64. The summed E-state index contributed by atoms with van der Waals surface area (Å²) in [7, 11) is 1.40. The van der Waals surface area contributed by atoms with Crippen molar-refractivity contribution in [1.82, 2.24) is 9.97 Å². The number of nitrogens with one attached hydrogen (secondary N) is 2. The largest absolute Gasteiger partial charge is 0.508 e. The Kier molecular flexibility index (Phi) is 12.2. The highest BCUT2D eigenvalue weighted by molar-refractivity contribution is 6.02. The molecule has 2 aromatic heterocycles. The van der Waals surface area contributed by atoms with Crippen molar-refractivity contribution in [3.05, 3.63) is 133 Å². The highest BCUT2D eigenvalue weighted by atomic mass is 16.5. The average molecular weight is 685 g/mol. The molecule has 51 heavy (non-hydrogen) atoms. The van der Waals surface area contributed by atoms with Crippen molar-refractivity contribution in [2.45, 2.75) is 38.5 Å². The lowest BCUT2D eigenvalue weighted by atomic mass is 10.0. The monoisotopic (exact) mass is 684 g/mol. The molecule has 260 valence electrons. The van der Waals surface area contributed by atoms with E-state index in [0.717, 1.165) is 64.9 Å². The number of H-pyrrole nitrogens is 2. The van der Waals surface area contributed by atoms with Crippen LogP contribution in [0.2, 0.25) is 0 Å². The smallest absolute Gasteiger partial charge is 0.352 e. The van der Waals surface area contributed by atoms with E-state index >= 15 is 0 Å². The number of aromatic amines is 2. The number of hydrogen-bond donors (Lipinski definition) is 5. The van der Waals surface area contributed by atoms with Gasteiger partial charge in [0.15, 0.2) is 5.78 Å². The minimum Gasteiger partial charge on any atom is -0.508 e. The molecule has 0 aliphatic heterocycles. The van der Waals surface area contributed by atoms with Crippen molar-refractivity contribution in [3.8, 4) is 56.3 Å². The molecule has 5 N–H and O–H groups in total. The molecule has 6 aromatic rings. The van der Waals surface area contributed by atoms with Gasteiger partial charge in [0, 0.05) is 35.4 Å². The van der Waals surface area contributed by atoms with Gasteiger partial charge in [-0.05, 0) is 71.5 Å². The van der Waals surface area contributed by atoms with E-state index in [1.807, 2.05) is 84.9 Å². The first-order valence-corrected chi connectivity index (χ1v) is 16.7. The molecule has 0 spiro atoms. The van der Waals surface area contributed by atoms with E-state index in [1.165, 1.54) is 19.2 Å². The molecule has 0 saturated carbocycles. The van der Waals surface area contributed by atoms with E-state index < -0.39 is 5.97 Å². The first kappa shape index (κ1) is 35.9. The predicted molar refractivity (Wildman–Crippen MR) is 198 cm³/mol. The zero-order chi connectivity index (χ0) is 36.2. The summed E-state index contributed by atoms with van der Waals surface area (Å²) in [4.78, 5) is 41.8. The fourth-order valence-electron chi connectivity index (χ4n) is 5.72. The van der Waals surface area contributed by atoms with Gasteiger partial charge < -0.3 is 30.0 Å². The maximum atomic E-state index is 13.0. The molecule has 0 aliphatic rings. The molecule has 0 fully saturated rings. The van der Waals surface area contributed by atoms with Crippen LogP contribution in [-0.4, -0.2) is 50.1 Å². The minimum absolute atomic E-state index is 0.0632. The first-order chi connectivity index (χ1) is 24.7. The third-order valence-electron chi connectivity index (χ3n) is 8.42. The van der Waals surface area contributed by atoms with Gasteiger partial charge >= 0.3 is 11.9 Å². The number of carbonyl (C=O) groups excluding carboxylic acids is 2. The van der Waals surface area contributed by atoms with E-state index in [4.69, 9.17) is 0 Å². The second-order valence-electron chi connectivity index (χ2n) is 12.0. The summed E-state index contributed by atoms with van der Waals surface area (Å²) in [5.74, 6) is -0.801. The second kappa shape index (κ2) is 17.3. The van der Waals surface area contributed by atoms with Gasteiger partial charge in [-0.3, -0.25) is 9.59 Å². The Labute approximate surface area is 296 Å². The average Bonchev–Trinajstić information content (AvgIpc) is 3.81. The van der Waals surface area contributed by atoms with Gasteiger partial charge in [0.2, 0.25) is 0 Å². The summed E-state index contributed by atoms with van der Waals surface area (Å²) in [6.45, 7) is 0. The third kappa shape index (κ3) is 9.64. The molecule has 0 saturated heterocycles. The molecule has 2 heterocycles. The van der Waals surface area contributed by atoms with Crippen LogP contribution in [0, 0.1) is 0 Å². The van der Waals surface area contributed by atoms with Crippen molar-refractivity contribution < 1.29 is 34.4 Å². The number of carbonyl (C=O) groups is 3. The predicted octanol–water partition coefficient (Wildman–Crippen LogP) is 9.50. The molecule has 0 amide bonds. The summed E-state index contributed by atoms with van der Waals surface area (Å²) >= 11 is 0. The number of aromatic hydroxyl groups is 2. The zero-order valence-electron chi connectivity index (χ0n) is 28.3. The van der Waals surface area contributed by atoms with Crippen molar-refractivity contribution in [1.29, 1.82) is 0 Å². The van der Waals surface area contributed by atoms with E-state index in [0.29, 0.717) is 24.1 Å². The van der Waals surface area contributed by atoms with E-state index in [-0.39, 0.29) is 28.9 Å².